The number of aromatic nitrogens is 2. The molecular formula is C13H14N4O3. The molecule has 0 atom stereocenters. The molecule has 0 aliphatic carbocycles. The number of nitrogens with one attached hydrogen (secondary N) is 2. The molecule has 2 aromatic rings. The summed E-state index contributed by atoms with van der Waals surface area (Å²) >= 11 is 0. The third-order valence-electron chi connectivity index (χ3n) is 2.73. The number of carbonyl (C=O) groups is 1. The number of nitrogen functional groups attached to an aromatic ring is 1. The molecule has 0 saturated carbocycles. The van der Waals surface area contributed by atoms with Crippen LogP contribution in [0.2, 0.25) is 0 Å². The van der Waals surface area contributed by atoms with Crippen molar-refractivity contribution in [3.8, 4) is 0 Å². The van der Waals surface area contributed by atoms with Gasteiger partial charge in [-0.2, -0.15) is 0 Å². The zero-order valence-corrected chi connectivity index (χ0v) is 10.8. The molecule has 7 nitrogen and oxygen atoms in total. The lowest BCUT2D eigenvalue weighted by atomic mass is 10.2. The fourth-order valence-corrected chi connectivity index (χ4v) is 1.69. The highest BCUT2D eigenvalue weighted by Crippen LogP contribution is 2.17. The van der Waals surface area contributed by atoms with Crippen LogP contribution in [0.4, 0.5) is 11.4 Å². The van der Waals surface area contributed by atoms with Crippen LogP contribution in [0.15, 0.2) is 39.9 Å². The summed E-state index contributed by atoms with van der Waals surface area (Å²) in [6.45, 7) is 1.55. The summed E-state index contributed by atoms with van der Waals surface area (Å²) in [6, 6.07) is 7.35. The van der Waals surface area contributed by atoms with E-state index in [1.807, 2.05) is 6.92 Å². The van der Waals surface area contributed by atoms with Gasteiger partial charge in [-0.1, -0.05) is 6.07 Å². The van der Waals surface area contributed by atoms with Crippen LogP contribution in [0, 0.1) is 6.92 Å². The zero-order chi connectivity index (χ0) is 14.7. The van der Waals surface area contributed by atoms with Crippen molar-refractivity contribution < 1.29 is 4.79 Å². The van der Waals surface area contributed by atoms with E-state index in [-0.39, 0.29) is 6.54 Å². The van der Waals surface area contributed by atoms with Crippen molar-refractivity contribution in [3.63, 3.8) is 0 Å². The van der Waals surface area contributed by atoms with Crippen molar-refractivity contribution in [2.75, 3.05) is 11.1 Å². The number of amides is 1. The van der Waals surface area contributed by atoms with E-state index in [0.717, 1.165) is 22.4 Å². The Balaban J connectivity index is 2.17. The van der Waals surface area contributed by atoms with Crippen LogP contribution in [0.1, 0.15) is 5.56 Å². The first kappa shape index (κ1) is 13.6. The van der Waals surface area contributed by atoms with Gasteiger partial charge in [-0.25, -0.2) is 4.68 Å². The van der Waals surface area contributed by atoms with Gasteiger partial charge < -0.3 is 11.1 Å². The number of benzene rings is 1. The summed E-state index contributed by atoms with van der Waals surface area (Å²) < 4.78 is 0.944. The smallest absolute Gasteiger partial charge is 0.265 e. The van der Waals surface area contributed by atoms with Crippen molar-refractivity contribution in [1.29, 1.82) is 0 Å². The molecule has 0 saturated heterocycles. The van der Waals surface area contributed by atoms with Gasteiger partial charge in [0.05, 0.1) is 0 Å². The Morgan fingerprint density at radius 2 is 2.05 bits per heavy atom. The maximum Gasteiger partial charge on any atom is 0.265 e. The van der Waals surface area contributed by atoms with Crippen LogP contribution in [0.3, 0.4) is 0 Å². The maximum absolute atomic E-state index is 11.9. The number of anilines is 2. The number of rotatable bonds is 3. The van der Waals surface area contributed by atoms with Crippen molar-refractivity contribution in [2.45, 2.75) is 13.5 Å². The van der Waals surface area contributed by atoms with E-state index in [1.165, 1.54) is 0 Å². The molecule has 0 unspecified atom stereocenters. The summed E-state index contributed by atoms with van der Waals surface area (Å²) in [5.41, 5.74) is 6.69. The van der Waals surface area contributed by atoms with Crippen molar-refractivity contribution in [3.05, 3.63) is 56.6 Å². The molecule has 0 aliphatic heterocycles. The third-order valence-corrected chi connectivity index (χ3v) is 2.73. The molecule has 104 valence electrons. The van der Waals surface area contributed by atoms with Crippen LogP contribution in [0.25, 0.3) is 0 Å². The van der Waals surface area contributed by atoms with Gasteiger partial charge in [0.15, 0.2) is 0 Å². The molecule has 1 aromatic carbocycles. The fraction of sp³-hybridized carbons (Fsp3) is 0.154. The average Bonchev–Trinajstić information content (AvgIpc) is 2.38. The Labute approximate surface area is 114 Å². The van der Waals surface area contributed by atoms with Gasteiger partial charge in [0.1, 0.15) is 6.54 Å². The Hall–Kier alpha value is -2.83. The second-order valence-corrected chi connectivity index (χ2v) is 4.36. The van der Waals surface area contributed by atoms with Crippen molar-refractivity contribution in [2.24, 2.45) is 0 Å². The molecular weight excluding hydrogens is 260 g/mol. The Morgan fingerprint density at radius 3 is 2.80 bits per heavy atom. The highest BCUT2D eigenvalue weighted by atomic mass is 16.2. The SMILES string of the molecule is Cc1ccc(N)cc1NC(=O)Cn1[nH]c(=O)ccc1=O. The van der Waals surface area contributed by atoms with Gasteiger partial charge in [-0.15, -0.1) is 0 Å². The minimum absolute atomic E-state index is 0.275. The van der Waals surface area contributed by atoms with E-state index in [1.54, 1.807) is 18.2 Å². The van der Waals surface area contributed by atoms with E-state index >= 15 is 0 Å². The summed E-state index contributed by atoms with van der Waals surface area (Å²) in [7, 11) is 0. The normalized spacial score (nSPS) is 10.2. The van der Waals surface area contributed by atoms with Crippen LogP contribution in [-0.2, 0) is 11.3 Å². The first-order valence-corrected chi connectivity index (χ1v) is 5.92. The number of H-pyrrole nitrogens is 1. The predicted molar refractivity (Wildman–Crippen MR) is 75.5 cm³/mol. The molecule has 0 radical (unpaired) electrons. The second kappa shape index (κ2) is 5.43. The van der Waals surface area contributed by atoms with Crippen LogP contribution >= 0.6 is 0 Å². The number of aryl methyl sites for hydroxylation is 1. The van der Waals surface area contributed by atoms with E-state index in [2.05, 4.69) is 10.4 Å². The van der Waals surface area contributed by atoms with Crippen molar-refractivity contribution >= 4 is 17.3 Å². The maximum atomic E-state index is 11.9. The minimum atomic E-state index is -0.455. The van der Waals surface area contributed by atoms with Gasteiger partial charge in [0.2, 0.25) is 5.91 Å². The summed E-state index contributed by atoms with van der Waals surface area (Å²) in [5.74, 6) is -0.428. The number of nitrogens with zero attached hydrogens (tertiary/aromatic N) is 1. The summed E-state index contributed by atoms with van der Waals surface area (Å²) in [6.07, 6.45) is 0. The number of hydrogen-bond acceptors (Lipinski definition) is 4. The van der Waals surface area contributed by atoms with Gasteiger partial charge in [-0.05, 0) is 24.6 Å². The van der Waals surface area contributed by atoms with E-state index < -0.39 is 17.0 Å². The monoisotopic (exact) mass is 274 g/mol. The molecule has 0 aliphatic rings. The van der Waals surface area contributed by atoms with Gasteiger partial charge in [0, 0.05) is 23.5 Å². The molecule has 4 N–H and O–H groups in total. The minimum Gasteiger partial charge on any atom is -0.399 e. The van der Waals surface area contributed by atoms with Gasteiger partial charge in [0.25, 0.3) is 11.1 Å². The first-order chi connectivity index (χ1) is 9.45. The molecule has 0 bridgehead atoms. The second-order valence-electron chi connectivity index (χ2n) is 4.36. The topological polar surface area (TPSA) is 110 Å². The highest BCUT2D eigenvalue weighted by Gasteiger charge is 2.07. The van der Waals surface area contributed by atoms with Gasteiger partial charge in [-0.3, -0.25) is 19.5 Å². The Morgan fingerprint density at radius 1 is 1.30 bits per heavy atom. The zero-order valence-electron chi connectivity index (χ0n) is 10.8. The first-order valence-electron chi connectivity index (χ1n) is 5.92. The largest absolute Gasteiger partial charge is 0.399 e. The molecule has 20 heavy (non-hydrogen) atoms. The number of carbonyl (C=O) groups excluding carboxylic acids is 1. The van der Waals surface area contributed by atoms with Crippen molar-refractivity contribution in [1.82, 2.24) is 9.78 Å². The Kier molecular flexibility index (Phi) is 3.69. The standard InChI is InChI=1S/C13H14N4O3/c1-8-2-3-9(14)6-10(8)15-12(19)7-17-13(20)5-4-11(18)16-17/h2-6H,7,14H2,1H3,(H,15,19)(H,16,18). The number of hydrogen-bond donors (Lipinski definition) is 3. The third kappa shape index (κ3) is 3.14. The van der Waals surface area contributed by atoms with Gasteiger partial charge >= 0.3 is 0 Å². The number of aromatic amines is 1. The molecule has 0 fully saturated rings. The summed E-state index contributed by atoms with van der Waals surface area (Å²) in [5, 5.41) is 4.93. The molecule has 7 heteroatoms. The van der Waals surface area contributed by atoms with Crippen LogP contribution in [-0.4, -0.2) is 15.7 Å². The van der Waals surface area contributed by atoms with E-state index in [4.69, 9.17) is 5.73 Å². The lowest BCUT2D eigenvalue weighted by molar-refractivity contribution is -0.117. The lowest BCUT2D eigenvalue weighted by Crippen LogP contribution is -2.32. The highest BCUT2D eigenvalue weighted by molar-refractivity contribution is 5.91. The quantitative estimate of drug-likeness (QED) is 0.688. The number of nitrogens with two attached hydrogens (primary N) is 1. The molecule has 0 spiro atoms. The lowest BCUT2D eigenvalue weighted by Gasteiger charge is -2.10. The van der Waals surface area contributed by atoms with Crippen LogP contribution in [0.5, 0.6) is 0 Å². The molecule has 1 aromatic heterocycles. The molecule has 1 amide bonds. The Bertz CT molecular complexity index is 761. The predicted octanol–water partition coefficient (Wildman–Crippen LogP) is 0.0659. The molecule has 1 heterocycles. The van der Waals surface area contributed by atoms with E-state index in [0.29, 0.717) is 11.4 Å². The average molecular weight is 274 g/mol. The molecule has 2 rings (SSSR count). The fourth-order valence-electron chi connectivity index (χ4n) is 1.69. The van der Waals surface area contributed by atoms with Crippen LogP contribution < -0.4 is 22.2 Å². The summed E-state index contributed by atoms with van der Waals surface area (Å²) in [4.78, 5) is 34.5. The van der Waals surface area contributed by atoms with E-state index in [9.17, 15) is 14.4 Å².